The SMILES string of the molecule is Cc1cc(-c2ccccc2C(=O)NC(C)C)n[nH]1. The van der Waals surface area contributed by atoms with E-state index in [1.807, 2.05) is 51.1 Å². The van der Waals surface area contributed by atoms with Crippen molar-refractivity contribution < 1.29 is 4.79 Å². The van der Waals surface area contributed by atoms with Gasteiger partial charge in [0.1, 0.15) is 0 Å². The van der Waals surface area contributed by atoms with Crippen molar-refractivity contribution >= 4 is 5.91 Å². The number of H-pyrrole nitrogens is 1. The Bertz CT molecular complexity index is 558. The number of benzene rings is 1. The van der Waals surface area contributed by atoms with Crippen molar-refractivity contribution in [2.24, 2.45) is 0 Å². The molecule has 0 bridgehead atoms. The molecule has 0 fully saturated rings. The second kappa shape index (κ2) is 5.04. The van der Waals surface area contributed by atoms with E-state index < -0.39 is 0 Å². The summed E-state index contributed by atoms with van der Waals surface area (Å²) in [4.78, 5) is 12.1. The number of carbonyl (C=O) groups is 1. The maximum atomic E-state index is 12.1. The van der Waals surface area contributed by atoms with Crippen molar-refractivity contribution in [1.29, 1.82) is 0 Å². The number of nitrogens with zero attached hydrogens (tertiary/aromatic N) is 1. The molecule has 4 nitrogen and oxygen atoms in total. The average Bonchev–Trinajstić information content (AvgIpc) is 2.75. The molecule has 0 aliphatic rings. The van der Waals surface area contributed by atoms with E-state index in [9.17, 15) is 4.79 Å². The molecule has 0 unspecified atom stereocenters. The Morgan fingerprint density at radius 2 is 2.06 bits per heavy atom. The highest BCUT2D eigenvalue weighted by Crippen LogP contribution is 2.22. The number of rotatable bonds is 3. The second-order valence-corrected chi connectivity index (χ2v) is 4.61. The van der Waals surface area contributed by atoms with Crippen LogP contribution in [0.3, 0.4) is 0 Å². The van der Waals surface area contributed by atoms with Crippen LogP contribution in [0.15, 0.2) is 30.3 Å². The van der Waals surface area contributed by atoms with Crippen LogP contribution in [0.5, 0.6) is 0 Å². The lowest BCUT2D eigenvalue weighted by Gasteiger charge is -2.10. The van der Waals surface area contributed by atoms with Crippen molar-refractivity contribution in [3.63, 3.8) is 0 Å². The quantitative estimate of drug-likeness (QED) is 0.870. The summed E-state index contributed by atoms with van der Waals surface area (Å²) >= 11 is 0. The van der Waals surface area contributed by atoms with Gasteiger partial charge in [-0.1, -0.05) is 18.2 Å². The van der Waals surface area contributed by atoms with Crippen molar-refractivity contribution in [2.75, 3.05) is 0 Å². The number of aromatic nitrogens is 2. The lowest BCUT2D eigenvalue weighted by molar-refractivity contribution is 0.0944. The molecule has 0 aliphatic heterocycles. The van der Waals surface area contributed by atoms with Crippen molar-refractivity contribution in [2.45, 2.75) is 26.8 Å². The summed E-state index contributed by atoms with van der Waals surface area (Å²) in [5.41, 5.74) is 3.27. The number of hydrogen-bond acceptors (Lipinski definition) is 2. The van der Waals surface area contributed by atoms with Gasteiger partial charge in [-0.05, 0) is 32.9 Å². The van der Waals surface area contributed by atoms with Crippen LogP contribution < -0.4 is 5.32 Å². The predicted octanol–water partition coefficient (Wildman–Crippen LogP) is 2.52. The third kappa shape index (κ3) is 2.59. The number of nitrogens with one attached hydrogen (secondary N) is 2. The first kappa shape index (κ1) is 12.4. The summed E-state index contributed by atoms with van der Waals surface area (Å²) in [6.45, 7) is 5.83. The maximum Gasteiger partial charge on any atom is 0.252 e. The van der Waals surface area contributed by atoms with Crippen molar-refractivity contribution in [3.05, 3.63) is 41.6 Å². The van der Waals surface area contributed by atoms with Gasteiger partial charge in [0, 0.05) is 22.9 Å². The fraction of sp³-hybridized carbons (Fsp3) is 0.286. The molecule has 2 aromatic rings. The average molecular weight is 243 g/mol. The first-order chi connectivity index (χ1) is 8.58. The fourth-order valence-corrected chi connectivity index (χ4v) is 1.80. The lowest BCUT2D eigenvalue weighted by Crippen LogP contribution is -2.30. The molecule has 0 saturated carbocycles. The maximum absolute atomic E-state index is 12.1. The Labute approximate surface area is 106 Å². The first-order valence-electron chi connectivity index (χ1n) is 6.00. The summed E-state index contributed by atoms with van der Waals surface area (Å²) in [5.74, 6) is -0.0683. The fourth-order valence-electron chi connectivity index (χ4n) is 1.80. The van der Waals surface area contributed by atoms with Gasteiger partial charge in [-0.15, -0.1) is 0 Å². The van der Waals surface area contributed by atoms with Crippen molar-refractivity contribution in [1.82, 2.24) is 15.5 Å². The highest BCUT2D eigenvalue weighted by molar-refractivity contribution is 6.00. The van der Waals surface area contributed by atoms with Crippen molar-refractivity contribution in [3.8, 4) is 11.3 Å². The molecule has 4 heteroatoms. The van der Waals surface area contributed by atoms with E-state index in [0.29, 0.717) is 5.56 Å². The molecular weight excluding hydrogens is 226 g/mol. The third-order valence-electron chi connectivity index (χ3n) is 2.57. The Balaban J connectivity index is 2.40. The highest BCUT2D eigenvalue weighted by Gasteiger charge is 2.14. The smallest absolute Gasteiger partial charge is 0.252 e. The van der Waals surface area contributed by atoms with E-state index in [1.165, 1.54) is 0 Å². The van der Waals surface area contributed by atoms with E-state index in [-0.39, 0.29) is 11.9 Å². The standard InChI is InChI=1S/C14H17N3O/c1-9(2)15-14(18)12-7-5-4-6-11(12)13-8-10(3)16-17-13/h4-9H,1-3H3,(H,15,18)(H,16,17). The molecule has 2 N–H and O–H groups in total. The van der Waals surface area contributed by atoms with Gasteiger partial charge in [-0.25, -0.2) is 0 Å². The molecule has 1 aromatic carbocycles. The normalized spacial score (nSPS) is 10.7. The van der Waals surface area contributed by atoms with Crippen LogP contribution in [-0.2, 0) is 0 Å². The topological polar surface area (TPSA) is 57.8 Å². The summed E-state index contributed by atoms with van der Waals surface area (Å²) in [5, 5.41) is 9.99. The van der Waals surface area contributed by atoms with E-state index in [4.69, 9.17) is 0 Å². The molecule has 1 aromatic heterocycles. The molecule has 0 aliphatic carbocycles. The van der Waals surface area contributed by atoms with Crippen LogP contribution in [0.4, 0.5) is 0 Å². The van der Waals surface area contributed by atoms with Crippen LogP contribution in [0.1, 0.15) is 29.9 Å². The Kier molecular flexibility index (Phi) is 3.46. The van der Waals surface area contributed by atoms with Crippen LogP contribution in [-0.4, -0.2) is 22.1 Å². The first-order valence-corrected chi connectivity index (χ1v) is 6.00. The summed E-state index contributed by atoms with van der Waals surface area (Å²) in [6, 6.07) is 9.54. The third-order valence-corrected chi connectivity index (χ3v) is 2.57. The number of aryl methyl sites for hydroxylation is 1. The van der Waals surface area contributed by atoms with Gasteiger partial charge in [0.25, 0.3) is 5.91 Å². The summed E-state index contributed by atoms with van der Waals surface area (Å²) in [7, 11) is 0. The van der Waals surface area contributed by atoms with Gasteiger partial charge < -0.3 is 5.32 Å². The van der Waals surface area contributed by atoms with E-state index in [1.54, 1.807) is 0 Å². The zero-order chi connectivity index (χ0) is 13.1. The minimum Gasteiger partial charge on any atom is -0.350 e. The second-order valence-electron chi connectivity index (χ2n) is 4.61. The number of aromatic amines is 1. The highest BCUT2D eigenvalue weighted by atomic mass is 16.1. The number of carbonyl (C=O) groups excluding carboxylic acids is 1. The molecule has 1 heterocycles. The molecule has 0 spiro atoms. The monoisotopic (exact) mass is 243 g/mol. The van der Waals surface area contributed by atoms with E-state index in [0.717, 1.165) is 17.0 Å². The van der Waals surface area contributed by atoms with Gasteiger partial charge in [-0.2, -0.15) is 5.10 Å². The van der Waals surface area contributed by atoms with Gasteiger partial charge in [0.05, 0.1) is 5.69 Å². The molecule has 0 atom stereocenters. The molecule has 2 rings (SSSR count). The van der Waals surface area contributed by atoms with Gasteiger partial charge in [-0.3, -0.25) is 9.89 Å². The summed E-state index contributed by atoms with van der Waals surface area (Å²) in [6.07, 6.45) is 0. The van der Waals surface area contributed by atoms with Crippen LogP contribution in [0.25, 0.3) is 11.3 Å². The lowest BCUT2D eigenvalue weighted by atomic mass is 10.0. The number of hydrogen-bond donors (Lipinski definition) is 2. The predicted molar refractivity (Wildman–Crippen MR) is 71.4 cm³/mol. The zero-order valence-corrected chi connectivity index (χ0v) is 10.8. The van der Waals surface area contributed by atoms with Crippen LogP contribution in [0.2, 0.25) is 0 Å². The molecular formula is C14H17N3O. The van der Waals surface area contributed by atoms with Gasteiger partial charge in [0.2, 0.25) is 0 Å². The van der Waals surface area contributed by atoms with Crippen LogP contribution >= 0.6 is 0 Å². The zero-order valence-electron chi connectivity index (χ0n) is 10.8. The van der Waals surface area contributed by atoms with E-state index in [2.05, 4.69) is 15.5 Å². The summed E-state index contributed by atoms with van der Waals surface area (Å²) < 4.78 is 0. The largest absolute Gasteiger partial charge is 0.350 e. The molecule has 18 heavy (non-hydrogen) atoms. The minimum atomic E-state index is -0.0683. The molecule has 0 radical (unpaired) electrons. The number of amides is 1. The van der Waals surface area contributed by atoms with Crippen LogP contribution in [0, 0.1) is 6.92 Å². The molecule has 94 valence electrons. The van der Waals surface area contributed by atoms with Gasteiger partial charge in [0.15, 0.2) is 0 Å². The molecule has 1 amide bonds. The molecule has 0 saturated heterocycles. The van der Waals surface area contributed by atoms with Gasteiger partial charge >= 0.3 is 0 Å². The Morgan fingerprint density at radius 3 is 2.67 bits per heavy atom. The van der Waals surface area contributed by atoms with E-state index >= 15 is 0 Å². The Morgan fingerprint density at radius 1 is 1.33 bits per heavy atom. The minimum absolute atomic E-state index is 0.0683. The Hall–Kier alpha value is -2.10.